The average Bonchev–Trinajstić information content (AvgIpc) is 2.62. The maximum atomic E-state index is 12.5. The quantitative estimate of drug-likeness (QED) is 0.534. The maximum Gasteiger partial charge on any atom is 0.335 e. The molecule has 0 spiro atoms. The summed E-state index contributed by atoms with van der Waals surface area (Å²) in [5.41, 5.74) is 1.24. The summed E-state index contributed by atoms with van der Waals surface area (Å²) in [5, 5.41) is 23.3. The highest BCUT2D eigenvalue weighted by Gasteiger charge is 2.21. The molecule has 7 nitrogen and oxygen atoms in total. The third kappa shape index (κ3) is 5.83. The summed E-state index contributed by atoms with van der Waals surface area (Å²) in [6.07, 6.45) is -0.264. The van der Waals surface area contributed by atoms with Gasteiger partial charge < -0.3 is 20.1 Å². The summed E-state index contributed by atoms with van der Waals surface area (Å²) in [6.45, 7) is 0. The molecule has 4 N–H and O–H groups in total. The van der Waals surface area contributed by atoms with E-state index in [0.717, 1.165) is 5.56 Å². The van der Waals surface area contributed by atoms with Crippen LogP contribution in [-0.2, 0) is 15.8 Å². The van der Waals surface area contributed by atoms with E-state index in [1.807, 2.05) is 30.3 Å². The normalized spacial score (nSPS) is 13.0. The molecule has 0 aromatic heterocycles. The molecule has 0 aliphatic heterocycles. The van der Waals surface area contributed by atoms with Crippen molar-refractivity contribution in [2.45, 2.75) is 12.5 Å². The Kier molecular flexibility index (Phi) is 6.89. The van der Waals surface area contributed by atoms with Gasteiger partial charge in [-0.1, -0.05) is 36.4 Å². The lowest BCUT2D eigenvalue weighted by molar-refractivity contribution is -0.117. The molecule has 132 valence electrons. The Bertz CT molecular complexity index is 767. The molecule has 1 amide bonds. The first-order valence-electron chi connectivity index (χ1n) is 7.58. The largest absolute Gasteiger partial charge is 0.478 e. The van der Waals surface area contributed by atoms with E-state index in [0.29, 0.717) is 5.69 Å². The Balaban J connectivity index is 2.15. The summed E-state index contributed by atoms with van der Waals surface area (Å²) in [6, 6.07) is 14.2. The Morgan fingerprint density at radius 1 is 1.08 bits per heavy atom. The van der Waals surface area contributed by atoms with Crippen molar-refractivity contribution in [3.63, 3.8) is 0 Å². The van der Waals surface area contributed by atoms with Crippen LogP contribution in [0.5, 0.6) is 0 Å². The number of aliphatic hydroxyl groups excluding tert-OH is 1. The highest BCUT2D eigenvalue weighted by atomic mass is 31.1. The third-order valence-corrected chi connectivity index (χ3v) is 4.41. The van der Waals surface area contributed by atoms with Gasteiger partial charge in [-0.3, -0.25) is 9.88 Å². The molecule has 0 aliphatic carbocycles. The highest BCUT2D eigenvalue weighted by Crippen LogP contribution is 2.17. The van der Waals surface area contributed by atoms with Gasteiger partial charge in [-0.25, -0.2) is 4.79 Å². The van der Waals surface area contributed by atoms with Crippen molar-refractivity contribution >= 4 is 25.5 Å². The number of carboxylic acids is 1. The number of aliphatic hydroxyl groups is 1. The topological polar surface area (TPSA) is 116 Å². The molecular formula is C17H19N2O5P. The van der Waals surface area contributed by atoms with Crippen LogP contribution in [-0.4, -0.2) is 34.5 Å². The van der Waals surface area contributed by atoms with E-state index in [-0.39, 0.29) is 12.0 Å². The number of hydrogen-bond acceptors (Lipinski definition) is 4. The molecule has 8 heteroatoms. The molecule has 2 atom stereocenters. The molecule has 0 bridgehead atoms. The fourth-order valence-electron chi connectivity index (χ4n) is 2.26. The predicted molar refractivity (Wildman–Crippen MR) is 95.2 cm³/mol. The molecule has 1 unspecified atom stereocenters. The van der Waals surface area contributed by atoms with E-state index >= 15 is 0 Å². The van der Waals surface area contributed by atoms with Crippen molar-refractivity contribution in [1.82, 2.24) is 5.09 Å². The van der Waals surface area contributed by atoms with Gasteiger partial charge in [0.2, 0.25) is 5.91 Å². The molecule has 2 aromatic carbocycles. The summed E-state index contributed by atoms with van der Waals surface area (Å²) < 4.78 is 11.7. The van der Waals surface area contributed by atoms with Crippen LogP contribution in [0, 0.1) is 0 Å². The Morgan fingerprint density at radius 2 is 1.80 bits per heavy atom. The van der Waals surface area contributed by atoms with Crippen LogP contribution in [0.4, 0.5) is 5.69 Å². The number of carboxylic acid groups (broad SMARTS) is 1. The molecule has 25 heavy (non-hydrogen) atoms. The zero-order valence-corrected chi connectivity index (χ0v) is 14.3. The van der Waals surface area contributed by atoms with Crippen molar-refractivity contribution < 1.29 is 24.4 Å². The number of hydrogen-bond donors (Lipinski definition) is 4. The zero-order valence-electron chi connectivity index (χ0n) is 13.3. The van der Waals surface area contributed by atoms with E-state index in [1.165, 1.54) is 18.2 Å². The molecule has 0 fully saturated rings. The van der Waals surface area contributed by atoms with Gasteiger partial charge in [0.1, 0.15) is 6.35 Å². The number of amides is 1. The molecule has 0 aliphatic rings. The Labute approximate surface area is 145 Å². The monoisotopic (exact) mass is 362 g/mol. The average molecular weight is 362 g/mol. The van der Waals surface area contributed by atoms with Gasteiger partial charge in [0, 0.05) is 5.69 Å². The second-order valence-corrected chi connectivity index (χ2v) is 6.79. The van der Waals surface area contributed by atoms with Crippen LogP contribution in [0.2, 0.25) is 0 Å². The van der Waals surface area contributed by atoms with E-state index in [9.17, 15) is 14.2 Å². The number of carbonyl (C=O) groups is 2. The minimum atomic E-state index is -2.50. The van der Waals surface area contributed by atoms with Gasteiger partial charge in [-0.05, 0) is 30.2 Å². The van der Waals surface area contributed by atoms with Crippen LogP contribution in [0.3, 0.4) is 0 Å². The first-order chi connectivity index (χ1) is 12.0. The summed E-state index contributed by atoms with van der Waals surface area (Å²) in [5.74, 6) is -1.56. The number of benzene rings is 2. The van der Waals surface area contributed by atoms with Crippen LogP contribution in [0.1, 0.15) is 15.9 Å². The SMILES string of the molecule is O=C(O)c1cccc(NC(=O)[C@H](Cc2ccccc2)N[PH](=O)CO)c1. The lowest BCUT2D eigenvalue weighted by Gasteiger charge is -2.18. The number of aromatic carboxylic acids is 1. The van der Waals surface area contributed by atoms with Gasteiger partial charge in [-0.2, -0.15) is 0 Å². The highest BCUT2D eigenvalue weighted by molar-refractivity contribution is 7.42. The maximum absolute atomic E-state index is 12.5. The van der Waals surface area contributed by atoms with Crippen molar-refractivity contribution in [2.24, 2.45) is 0 Å². The van der Waals surface area contributed by atoms with E-state index < -0.39 is 32.2 Å². The Hall–Kier alpha value is -2.47. The molecule has 0 heterocycles. The lowest BCUT2D eigenvalue weighted by atomic mass is 10.1. The third-order valence-electron chi connectivity index (χ3n) is 3.46. The van der Waals surface area contributed by atoms with Gasteiger partial charge in [-0.15, -0.1) is 0 Å². The molecule has 2 rings (SSSR count). The van der Waals surface area contributed by atoms with E-state index in [1.54, 1.807) is 6.07 Å². The first kappa shape index (κ1) is 18.9. The van der Waals surface area contributed by atoms with E-state index in [4.69, 9.17) is 10.2 Å². The molecule has 0 saturated heterocycles. The summed E-state index contributed by atoms with van der Waals surface area (Å²) >= 11 is 0. The Morgan fingerprint density at radius 3 is 2.44 bits per heavy atom. The first-order valence-corrected chi connectivity index (χ1v) is 9.19. The predicted octanol–water partition coefficient (Wildman–Crippen LogP) is 1.95. The second kappa shape index (κ2) is 9.13. The van der Waals surface area contributed by atoms with Crippen LogP contribution < -0.4 is 10.4 Å². The number of carbonyl (C=O) groups excluding carboxylic acids is 1. The zero-order chi connectivity index (χ0) is 18.2. The fourth-order valence-corrected chi connectivity index (χ4v) is 2.97. The van der Waals surface area contributed by atoms with Gasteiger partial charge >= 0.3 is 5.97 Å². The fraction of sp³-hybridized carbons (Fsp3) is 0.176. The number of nitrogens with one attached hydrogen (secondary N) is 2. The summed E-state index contributed by atoms with van der Waals surface area (Å²) in [4.78, 5) is 23.5. The molecule has 0 saturated carbocycles. The molecule has 0 radical (unpaired) electrons. The second-order valence-electron chi connectivity index (χ2n) is 5.34. The lowest BCUT2D eigenvalue weighted by Crippen LogP contribution is -2.39. The minimum absolute atomic E-state index is 0.0503. The smallest absolute Gasteiger partial charge is 0.335 e. The van der Waals surface area contributed by atoms with Gasteiger partial charge in [0.15, 0.2) is 7.95 Å². The van der Waals surface area contributed by atoms with Crippen molar-refractivity contribution in [3.05, 3.63) is 65.7 Å². The molecular weight excluding hydrogens is 343 g/mol. The van der Waals surface area contributed by atoms with Crippen molar-refractivity contribution in [2.75, 3.05) is 11.7 Å². The van der Waals surface area contributed by atoms with E-state index in [2.05, 4.69) is 10.4 Å². The van der Waals surface area contributed by atoms with Crippen molar-refractivity contribution in [3.8, 4) is 0 Å². The van der Waals surface area contributed by atoms with Crippen LogP contribution in [0.15, 0.2) is 54.6 Å². The van der Waals surface area contributed by atoms with Crippen LogP contribution in [0.25, 0.3) is 0 Å². The van der Waals surface area contributed by atoms with Crippen LogP contribution >= 0.6 is 7.95 Å². The standard InChI is InChI=1S/C17H19N2O5P/c20-11-25(24)19-15(9-12-5-2-1-3-6-12)16(21)18-14-8-4-7-13(10-14)17(22)23/h1-8,10,15,20,25H,9,11H2,(H,18,21)(H,19,24)(H,22,23)/t15-/m0/s1. The number of rotatable bonds is 8. The number of anilines is 1. The summed E-state index contributed by atoms with van der Waals surface area (Å²) in [7, 11) is -2.50. The van der Waals surface area contributed by atoms with Gasteiger partial charge in [0.05, 0.1) is 11.6 Å². The molecule has 2 aromatic rings. The minimum Gasteiger partial charge on any atom is -0.478 e. The van der Waals surface area contributed by atoms with Crippen molar-refractivity contribution in [1.29, 1.82) is 0 Å². The van der Waals surface area contributed by atoms with Gasteiger partial charge in [0.25, 0.3) is 0 Å².